The third kappa shape index (κ3) is 2.09. The average molecular weight is 200 g/mol. The number of nitrogens with zero attached hydrogens (tertiary/aromatic N) is 1. The summed E-state index contributed by atoms with van der Waals surface area (Å²) in [4.78, 5) is 15.7. The summed E-state index contributed by atoms with van der Waals surface area (Å²) in [5, 5.41) is 6.18. The zero-order valence-corrected chi connectivity index (χ0v) is 8.36. The smallest absolute Gasteiger partial charge is 0.265 e. The fraction of sp³-hybridized carbons (Fsp3) is 0.429. The van der Waals surface area contributed by atoms with Crippen LogP contribution >= 0.6 is 11.3 Å². The van der Waals surface area contributed by atoms with Gasteiger partial charge in [0.15, 0.2) is 5.13 Å². The number of carbonyl (C=O) groups is 1. The fourth-order valence-electron chi connectivity index (χ4n) is 0.835. The minimum atomic E-state index is -0.195. The Morgan fingerprint density at radius 3 is 2.92 bits per heavy atom. The van der Waals surface area contributed by atoms with E-state index in [1.54, 1.807) is 7.05 Å². The van der Waals surface area contributed by atoms with Gasteiger partial charge in [0.05, 0.1) is 0 Å². The Labute approximate surface area is 80.4 Å². The lowest BCUT2D eigenvalue weighted by Crippen LogP contribution is -2.17. The van der Waals surface area contributed by atoms with Gasteiger partial charge in [0, 0.05) is 13.6 Å². The molecule has 5 nitrogen and oxygen atoms in total. The Bertz CT molecular complexity index is 309. The average Bonchev–Trinajstić information content (AvgIpc) is 2.46. The first-order chi connectivity index (χ1) is 6.19. The maximum atomic E-state index is 11.2. The van der Waals surface area contributed by atoms with Gasteiger partial charge in [0.1, 0.15) is 10.7 Å². The van der Waals surface area contributed by atoms with E-state index in [2.05, 4.69) is 15.6 Å². The van der Waals surface area contributed by atoms with Crippen molar-refractivity contribution in [3.05, 3.63) is 4.88 Å². The lowest BCUT2D eigenvalue weighted by atomic mass is 10.5. The summed E-state index contributed by atoms with van der Waals surface area (Å²) >= 11 is 1.26. The number of aromatic nitrogens is 1. The van der Waals surface area contributed by atoms with Crippen molar-refractivity contribution in [2.45, 2.75) is 6.92 Å². The maximum absolute atomic E-state index is 11.2. The first-order valence-electron chi connectivity index (χ1n) is 3.91. The highest BCUT2D eigenvalue weighted by molar-refractivity contribution is 7.18. The van der Waals surface area contributed by atoms with Crippen LogP contribution in [0.1, 0.15) is 16.6 Å². The molecule has 0 aliphatic carbocycles. The monoisotopic (exact) mass is 200 g/mol. The van der Waals surface area contributed by atoms with Crippen LogP contribution in [0.2, 0.25) is 0 Å². The van der Waals surface area contributed by atoms with E-state index in [-0.39, 0.29) is 11.7 Å². The van der Waals surface area contributed by atoms with Crippen molar-refractivity contribution in [3.63, 3.8) is 0 Å². The molecule has 0 saturated heterocycles. The van der Waals surface area contributed by atoms with Crippen LogP contribution in [0.4, 0.5) is 10.9 Å². The van der Waals surface area contributed by atoms with Crippen LogP contribution in [0.25, 0.3) is 0 Å². The minimum Gasteiger partial charge on any atom is -0.382 e. The second-order valence-corrected chi connectivity index (χ2v) is 3.34. The zero-order valence-electron chi connectivity index (χ0n) is 7.55. The Hall–Kier alpha value is -1.30. The number of carbonyl (C=O) groups excluding carboxylic acids is 1. The summed E-state index contributed by atoms with van der Waals surface area (Å²) in [5.74, 6) is 0.0828. The third-order valence-corrected chi connectivity index (χ3v) is 2.44. The molecule has 1 heterocycles. The van der Waals surface area contributed by atoms with Gasteiger partial charge in [-0.2, -0.15) is 0 Å². The van der Waals surface area contributed by atoms with Gasteiger partial charge in [-0.3, -0.25) is 4.79 Å². The van der Waals surface area contributed by atoms with E-state index in [9.17, 15) is 4.79 Å². The second-order valence-electron chi connectivity index (χ2n) is 2.34. The largest absolute Gasteiger partial charge is 0.382 e. The second kappa shape index (κ2) is 4.08. The Morgan fingerprint density at radius 1 is 1.69 bits per heavy atom. The predicted octanol–water partition coefficient (Wildman–Crippen LogP) is 0.517. The summed E-state index contributed by atoms with van der Waals surface area (Å²) in [6, 6.07) is 0. The molecule has 1 rings (SSSR count). The molecule has 0 aliphatic heterocycles. The van der Waals surface area contributed by atoms with Gasteiger partial charge in [0.2, 0.25) is 0 Å². The van der Waals surface area contributed by atoms with Gasteiger partial charge in [0.25, 0.3) is 5.91 Å². The molecule has 6 heteroatoms. The van der Waals surface area contributed by atoms with Crippen molar-refractivity contribution in [3.8, 4) is 0 Å². The molecule has 72 valence electrons. The highest BCUT2D eigenvalue weighted by Crippen LogP contribution is 2.24. The Balaban J connectivity index is 2.89. The van der Waals surface area contributed by atoms with E-state index in [4.69, 9.17) is 5.73 Å². The molecule has 0 unspecified atom stereocenters. The molecule has 0 fully saturated rings. The molecule has 0 bridgehead atoms. The first-order valence-corrected chi connectivity index (χ1v) is 4.73. The Kier molecular flexibility index (Phi) is 3.07. The number of amides is 1. The van der Waals surface area contributed by atoms with Crippen LogP contribution in [0.5, 0.6) is 0 Å². The van der Waals surface area contributed by atoms with Crippen LogP contribution in [0.15, 0.2) is 0 Å². The number of rotatable bonds is 3. The molecule has 0 radical (unpaired) electrons. The molecule has 0 spiro atoms. The SMILES string of the molecule is CCNc1nc(N)c(C(=O)NC)s1. The molecule has 4 N–H and O–H groups in total. The number of hydrogen-bond acceptors (Lipinski definition) is 5. The summed E-state index contributed by atoms with van der Waals surface area (Å²) in [6.07, 6.45) is 0. The summed E-state index contributed by atoms with van der Waals surface area (Å²) in [7, 11) is 1.56. The lowest BCUT2D eigenvalue weighted by molar-refractivity contribution is 0.0968. The van der Waals surface area contributed by atoms with Crippen LogP contribution in [0.3, 0.4) is 0 Å². The molecular weight excluding hydrogens is 188 g/mol. The number of nitrogen functional groups attached to an aromatic ring is 1. The molecular formula is C7H12N4OS. The van der Waals surface area contributed by atoms with E-state index >= 15 is 0 Å². The van der Waals surface area contributed by atoms with E-state index in [1.807, 2.05) is 6.92 Å². The van der Waals surface area contributed by atoms with Crippen molar-refractivity contribution < 1.29 is 4.79 Å². The van der Waals surface area contributed by atoms with Gasteiger partial charge in [-0.15, -0.1) is 0 Å². The fourth-order valence-corrected chi connectivity index (χ4v) is 1.73. The van der Waals surface area contributed by atoms with Crippen molar-refractivity contribution in [1.82, 2.24) is 10.3 Å². The molecule has 0 atom stereocenters. The standard InChI is InChI=1S/C7H12N4OS/c1-3-10-7-11-5(8)4(13-7)6(12)9-2/h3,8H2,1-2H3,(H,9,12)(H,10,11). The zero-order chi connectivity index (χ0) is 9.84. The highest BCUT2D eigenvalue weighted by Gasteiger charge is 2.13. The third-order valence-electron chi connectivity index (χ3n) is 1.41. The summed E-state index contributed by atoms with van der Waals surface area (Å²) in [5.41, 5.74) is 5.55. The predicted molar refractivity (Wildman–Crippen MR) is 54.1 cm³/mol. The van der Waals surface area contributed by atoms with Crippen LogP contribution in [0, 0.1) is 0 Å². The van der Waals surface area contributed by atoms with Crippen molar-refractivity contribution in [2.75, 3.05) is 24.6 Å². The number of thiazole rings is 1. The quantitative estimate of drug-likeness (QED) is 0.664. The van der Waals surface area contributed by atoms with Gasteiger partial charge in [-0.05, 0) is 6.92 Å². The molecule has 1 aromatic rings. The number of nitrogens with two attached hydrogens (primary N) is 1. The van der Waals surface area contributed by atoms with E-state index < -0.39 is 0 Å². The number of anilines is 2. The normalized spacial score (nSPS) is 9.69. The molecule has 0 aliphatic rings. The molecule has 0 aromatic carbocycles. The van der Waals surface area contributed by atoms with Crippen molar-refractivity contribution in [1.29, 1.82) is 0 Å². The van der Waals surface area contributed by atoms with Crippen LogP contribution in [-0.4, -0.2) is 24.5 Å². The van der Waals surface area contributed by atoms with Crippen LogP contribution < -0.4 is 16.4 Å². The molecule has 0 saturated carbocycles. The Morgan fingerprint density at radius 2 is 2.38 bits per heavy atom. The highest BCUT2D eigenvalue weighted by atomic mass is 32.1. The molecule has 13 heavy (non-hydrogen) atoms. The van der Waals surface area contributed by atoms with Gasteiger partial charge < -0.3 is 16.4 Å². The topological polar surface area (TPSA) is 80.0 Å². The number of nitrogens with one attached hydrogen (secondary N) is 2. The van der Waals surface area contributed by atoms with Crippen molar-refractivity contribution >= 4 is 28.2 Å². The molecule has 1 aromatic heterocycles. The van der Waals surface area contributed by atoms with Gasteiger partial charge in [-0.25, -0.2) is 4.98 Å². The van der Waals surface area contributed by atoms with E-state index in [1.165, 1.54) is 11.3 Å². The van der Waals surface area contributed by atoms with E-state index in [0.29, 0.717) is 10.0 Å². The van der Waals surface area contributed by atoms with Crippen LogP contribution in [-0.2, 0) is 0 Å². The summed E-state index contributed by atoms with van der Waals surface area (Å²) in [6.45, 7) is 2.72. The summed E-state index contributed by atoms with van der Waals surface area (Å²) < 4.78 is 0. The first kappa shape index (κ1) is 9.79. The minimum absolute atomic E-state index is 0.195. The molecule has 1 amide bonds. The lowest BCUT2D eigenvalue weighted by Gasteiger charge is -1.94. The van der Waals surface area contributed by atoms with Gasteiger partial charge >= 0.3 is 0 Å². The maximum Gasteiger partial charge on any atom is 0.265 e. The van der Waals surface area contributed by atoms with Crippen molar-refractivity contribution in [2.24, 2.45) is 0 Å². The number of hydrogen-bond donors (Lipinski definition) is 3. The van der Waals surface area contributed by atoms with Gasteiger partial charge in [-0.1, -0.05) is 11.3 Å². The van der Waals surface area contributed by atoms with E-state index in [0.717, 1.165) is 6.54 Å².